The number of imidazole rings is 1. The molecule has 0 bridgehead atoms. The van der Waals surface area contributed by atoms with Crippen LogP contribution in [-0.4, -0.2) is 28.0 Å². The van der Waals surface area contributed by atoms with Gasteiger partial charge in [0.05, 0.1) is 5.02 Å². The molecule has 1 fully saturated rings. The predicted octanol–water partition coefficient (Wildman–Crippen LogP) is 6.35. The van der Waals surface area contributed by atoms with Crippen LogP contribution >= 0.6 is 11.6 Å². The Morgan fingerprint density at radius 2 is 1.69 bits per heavy atom. The Morgan fingerprint density at radius 3 is 2.41 bits per heavy atom. The van der Waals surface area contributed by atoms with E-state index in [1.165, 1.54) is 0 Å². The molecule has 0 saturated carbocycles. The maximum absolute atomic E-state index is 6.56. The zero-order chi connectivity index (χ0) is 22.3. The number of para-hydroxylation sites is 1. The fourth-order valence-electron chi connectivity index (χ4n) is 3.87. The lowest BCUT2D eigenvalue weighted by atomic mass is 9.94. The molecule has 4 aromatic rings. The highest BCUT2D eigenvalue weighted by atomic mass is 35.5. The zero-order valence-corrected chi connectivity index (χ0v) is 19.3. The molecule has 1 aliphatic heterocycles. The summed E-state index contributed by atoms with van der Waals surface area (Å²) in [7, 11) is 0. The standard InChI is InChI=1S/C24H23ClN4O.C2H6/c25-20-14-21(17-10-12-26-13-11-17)27-24-22(20)28-23(29-24)18-8-6-16(7-9-18)15-30-19-4-2-1-3-5-19;1-2/h1-9,14,17,26H,10-13,15H2,(H,27,28,29);1-2H3. The van der Waals surface area contributed by atoms with Gasteiger partial charge in [-0.15, -0.1) is 0 Å². The second-order valence-corrected chi connectivity index (χ2v) is 8.04. The van der Waals surface area contributed by atoms with E-state index in [4.69, 9.17) is 26.3 Å². The highest BCUT2D eigenvalue weighted by Gasteiger charge is 2.19. The van der Waals surface area contributed by atoms with Crippen molar-refractivity contribution in [3.63, 3.8) is 0 Å². The van der Waals surface area contributed by atoms with Gasteiger partial charge in [-0.05, 0) is 49.7 Å². The number of nitrogens with zero attached hydrogens (tertiary/aromatic N) is 2. The molecule has 0 amide bonds. The molecular formula is C26H29ClN4O. The number of hydrogen-bond acceptors (Lipinski definition) is 4. The normalized spacial score (nSPS) is 14.1. The second-order valence-electron chi connectivity index (χ2n) is 7.64. The van der Waals surface area contributed by atoms with Gasteiger partial charge in [-0.1, -0.05) is 67.9 Å². The first-order valence-corrected chi connectivity index (χ1v) is 11.7. The maximum Gasteiger partial charge on any atom is 0.179 e. The minimum Gasteiger partial charge on any atom is -0.489 e. The third-order valence-electron chi connectivity index (χ3n) is 5.57. The third kappa shape index (κ3) is 5.12. The highest BCUT2D eigenvalue weighted by molar-refractivity contribution is 6.34. The van der Waals surface area contributed by atoms with Gasteiger partial charge in [0.25, 0.3) is 0 Å². The van der Waals surface area contributed by atoms with Crippen LogP contribution in [0, 0.1) is 0 Å². The van der Waals surface area contributed by atoms with Gasteiger partial charge in [-0.25, -0.2) is 9.97 Å². The number of piperidine rings is 1. The first-order valence-electron chi connectivity index (χ1n) is 11.3. The van der Waals surface area contributed by atoms with Crippen LogP contribution in [0.25, 0.3) is 22.6 Å². The summed E-state index contributed by atoms with van der Waals surface area (Å²) in [5.74, 6) is 2.08. The van der Waals surface area contributed by atoms with Crippen LogP contribution in [0.3, 0.4) is 0 Å². The van der Waals surface area contributed by atoms with Crippen LogP contribution in [0.2, 0.25) is 5.02 Å². The molecule has 3 heterocycles. The molecule has 2 aromatic carbocycles. The van der Waals surface area contributed by atoms with Gasteiger partial charge in [0, 0.05) is 17.2 Å². The molecule has 1 aliphatic rings. The average molecular weight is 449 g/mol. The van der Waals surface area contributed by atoms with E-state index in [1.807, 2.05) is 62.4 Å². The van der Waals surface area contributed by atoms with E-state index in [-0.39, 0.29) is 0 Å². The van der Waals surface area contributed by atoms with Crippen LogP contribution in [0.4, 0.5) is 0 Å². The first kappa shape index (κ1) is 22.3. The zero-order valence-electron chi connectivity index (χ0n) is 18.6. The predicted molar refractivity (Wildman–Crippen MR) is 131 cm³/mol. The van der Waals surface area contributed by atoms with Crippen LogP contribution in [0.5, 0.6) is 5.75 Å². The Balaban J connectivity index is 0.00000119. The summed E-state index contributed by atoms with van der Waals surface area (Å²) in [6.07, 6.45) is 2.16. The van der Waals surface area contributed by atoms with Gasteiger partial charge in [-0.2, -0.15) is 0 Å². The third-order valence-corrected chi connectivity index (χ3v) is 5.86. The van der Waals surface area contributed by atoms with Crippen molar-refractivity contribution >= 4 is 22.8 Å². The van der Waals surface area contributed by atoms with Crippen molar-refractivity contribution in [1.29, 1.82) is 0 Å². The Bertz CT molecular complexity index is 1140. The lowest BCUT2D eigenvalue weighted by Crippen LogP contribution is -2.27. The molecule has 5 nitrogen and oxygen atoms in total. The number of halogens is 1. The van der Waals surface area contributed by atoms with E-state index in [0.29, 0.717) is 23.2 Å². The van der Waals surface area contributed by atoms with Crippen molar-refractivity contribution in [2.75, 3.05) is 13.1 Å². The molecule has 2 N–H and O–H groups in total. The van der Waals surface area contributed by atoms with E-state index < -0.39 is 0 Å². The van der Waals surface area contributed by atoms with Gasteiger partial charge >= 0.3 is 0 Å². The van der Waals surface area contributed by atoms with E-state index in [1.54, 1.807) is 0 Å². The summed E-state index contributed by atoms with van der Waals surface area (Å²) in [6.45, 7) is 6.57. The fourth-order valence-corrected chi connectivity index (χ4v) is 4.12. The molecular weight excluding hydrogens is 420 g/mol. The quantitative estimate of drug-likeness (QED) is 0.373. The number of H-pyrrole nitrogens is 1. The minimum atomic E-state index is 0.442. The summed E-state index contributed by atoms with van der Waals surface area (Å²) in [5, 5.41) is 4.07. The molecule has 32 heavy (non-hydrogen) atoms. The number of aromatic nitrogens is 3. The second kappa shape index (κ2) is 10.6. The monoisotopic (exact) mass is 448 g/mol. The molecule has 166 valence electrons. The van der Waals surface area contributed by atoms with Crippen LogP contribution in [0.1, 0.15) is 43.9 Å². The summed E-state index contributed by atoms with van der Waals surface area (Å²) < 4.78 is 5.82. The van der Waals surface area contributed by atoms with Crippen molar-refractivity contribution in [1.82, 2.24) is 20.3 Å². The number of hydrogen-bond donors (Lipinski definition) is 2. The molecule has 6 heteroatoms. The Labute approximate surface area is 194 Å². The molecule has 0 aliphatic carbocycles. The summed E-state index contributed by atoms with van der Waals surface area (Å²) in [6, 6.07) is 20.0. The van der Waals surface area contributed by atoms with Gasteiger partial charge in [0.15, 0.2) is 5.65 Å². The molecule has 5 rings (SSSR count). The summed E-state index contributed by atoms with van der Waals surface area (Å²) in [4.78, 5) is 12.9. The molecule has 0 unspecified atom stereocenters. The Morgan fingerprint density at radius 1 is 0.969 bits per heavy atom. The van der Waals surface area contributed by atoms with Crippen LogP contribution in [0.15, 0.2) is 60.7 Å². The van der Waals surface area contributed by atoms with Crippen molar-refractivity contribution in [2.45, 2.75) is 39.2 Å². The van der Waals surface area contributed by atoms with Crippen LogP contribution in [-0.2, 0) is 6.61 Å². The maximum atomic E-state index is 6.56. The number of rotatable bonds is 5. The Kier molecular flexibility index (Phi) is 7.40. The minimum absolute atomic E-state index is 0.442. The fraction of sp³-hybridized carbons (Fsp3) is 0.308. The molecule has 2 aromatic heterocycles. The van der Waals surface area contributed by atoms with Gasteiger partial charge in [0.2, 0.25) is 0 Å². The van der Waals surface area contributed by atoms with Gasteiger partial charge in [-0.3, -0.25) is 0 Å². The molecule has 0 spiro atoms. The topological polar surface area (TPSA) is 62.8 Å². The smallest absolute Gasteiger partial charge is 0.179 e. The molecule has 0 radical (unpaired) electrons. The van der Waals surface area contributed by atoms with Gasteiger partial charge in [0.1, 0.15) is 23.7 Å². The van der Waals surface area contributed by atoms with Crippen molar-refractivity contribution in [3.05, 3.63) is 76.9 Å². The van der Waals surface area contributed by atoms with E-state index in [2.05, 4.69) is 22.4 Å². The average Bonchev–Trinajstić information content (AvgIpc) is 3.30. The molecule has 0 atom stereocenters. The van der Waals surface area contributed by atoms with E-state index in [0.717, 1.165) is 59.8 Å². The summed E-state index contributed by atoms with van der Waals surface area (Å²) in [5.41, 5.74) is 4.61. The highest BCUT2D eigenvalue weighted by Crippen LogP contribution is 2.31. The summed E-state index contributed by atoms with van der Waals surface area (Å²) >= 11 is 6.56. The molecule has 1 saturated heterocycles. The number of fused-ring (bicyclic) bond motifs is 1. The number of benzene rings is 2. The number of ether oxygens (including phenoxy) is 1. The Hall–Kier alpha value is -2.89. The van der Waals surface area contributed by atoms with E-state index in [9.17, 15) is 0 Å². The first-order chi connectivity index (χ1) is 15.8. The number of nitrogens with one attached hydrogen (secondary N) is 2. The van der Waals surface area contributed by atoms with Crippen molar-refractivity contribution < 1.29 is 4.74 Å². The van der Waals surface area contributed by atoms with Crippen LogP contribution < -0.4 is 10.1 Å². The number of pyridine rings is 1. The number of aromatic amines is 1. The largest absolute Gasteiger partial charge is 0.489 e. The lowest BCUT2D eigenvalue weighted by Gasteiger charge is -2.22. The van der Waals surface area contributed by atoms with Crippen molar-refractivity contribution in [2.24, 2.45) is 0 Å². The van der Waals surface area contributed by atoms with Gasteiger partial charge < -0.3 is 15.0 Å². The SMILES string of the molecule is CC.Clc1cc(C2CCNCC2)nc2nc(-c3ccc(COc4ccccc4)cc3)[nH]c12. The lowest BCUT2D eigenvalue weighted by molar-refractivity contribution is 0.306. The van der Waals surface area contributed by atoms with Crippen molar-refractivity contribution in [3.8, 4) is 17.1 Å². The van der Waals surface area contributed by atoms with E-state index >= 15 is 0 Å².